The zero-order chi connectivity index (χ0) is 10.9. The molecule has 3 nitrogen and oxygen atoms in total. The van der Waals surface area contributed by atoms with Crippen LogP contribution < -0.4 is 5.73 Å². The third kappa shape index (κ3) is 2.50. The zero-order valence-electron chi connectivity index (χ0n) is 8.52. The molecule has 1 aromatic rings. The van der Waals surface area contributed by atoms with Crippen molar-refractivity contribution in [2.45, 2.75) is 18.8 Å². The molecule has 0 radical (unpaired) electrons. The fraction of sp³-hybridized carbons (Fsp3) is 0.455. The second-order valence-corrected chi connectivity index (χ2v) is 6.35. The molecule has 1 heterocycles. The average molecular weight is 225 g/mol. The van der Waals surface area contributed by atoms with E-state index in [1.165, 1.54) is 0 Å². The lowest BCUT2D eigenvalue weighted by Crippen LogP contribution is -2.23. The molecule has 0 aromatic heterocycles. The van der Waals surface area contributed by atoms with Gasteiger partial charge in [0.1, 0.15) is 0 Å². The SMILES string of the molecule is Nc1ccc(C2CCCS(=O)(=O)C2)cc1. The van der Waals surface area contributed by atoms with Gasteiger partial charge >= 0.3 is 0 Å². The van der Waals surface area contributed by atoms with Crippen molar-refractivity contribution in [2.24, 2.45) is 0 Å². The molecule has 1 atom stereocenters. The van der Waals surface area contributed by atoms with Gasteiger partial charge in [0, 0.05) is 5.69 Å². The summed E-state index contributed by atoms with van der Waals surface area (Å²) in [5.41, 5.74) is 7.40. The van der Waals surface area contributed by atoms with Crippen molar-refractivity contribution in [1.82, 2.24) is 0 Å². The Labute approximate surface area is 90.2 Å². The van der Waals surface area contributed by atoms with Gasteiger partial charge in [-0.25, -0.2) is 8.42 Å². The highest BCUT2D eigenvalue weighted by atomic mass is 32.2. The highest BCUT2D eigenvalue weighted by Gasteiger charge is 2.25. The Balaban J connectivity index is 2.21. The Morgan fingerprint density at radius 1 is 1.20 bits per heavy atom. The Kier molecular flexibility index (Phi) is 2.69. The van der Waals surface area contributed by atoms with E-state index in [0.717, 1.165) is 24.1 Å². The number of hydrogen-bond donors (Lipinski definition) is 1. The predicted molar refractivity (Wildman–Crippen MR) is 61.5 cm³/mol. The number of hydrogen-bond acceptors (Lipinski definition) is 3. The number of nitrogens with two attached hydrogens (primary N) is 1. The molecule has 1 fully saturated rings. The second kappa shape index (κ2) is 3.85. The summed E-state index contributed by atoms with van der Waals surface area (Å²) < 4.78 is 23.0. The van der Waals surface area contributed by atoms with E-state index in [9.17, 15) is 8.42 Å². The highest BCUT2D eigenvalue weighted by Crippen LogP contribution is 2.28. The molecule has 0 aliphatic carbocycles. The van der Waals surface area contributed by atoms with E-state index in [1.807, 2.05) is 24.3 Å². The Morgan fingerprint density at radius 3 is 2.47 bits per heavy atom. The number of rotatable bonds is 1. The maximum absolute atomic E-state index is 11.5. The summed E-state index contributed by atoms with van der Waals surface area (Å²) in [6, 6.07) is 7.52. The molecule has 15 heavy (non-hydrogen) atoms. The van der Waals surface area contributed by atoms with Crippen LogP contribution in [0.1, 0.15) is 24.3 Å². The first-order valence-corrected chi connectivity index (χ1v) is 6.95. The molecule has 0 bridgehead atoms. The highest BCUT2D eigenvalue weighted by molar-refractivity contribution is 7.91. The van der Waals surface area contributed by atoms with Gasteiger partial charge in [0.05, 0.1) is 11.5 Å². The monoisotopic (exact) mass is 225 g/mol. The van der Waals surface area contributed by atoms with E-state index in [2.05, 4.69) is 0 Å². The van der Waals surface area contributed by atoms with Gasteiger partial charge in [0.2, 0.25) is 0 Å². The van der Waals surface area contributed by atoms with Crippen LogP contribution in [-0.2, 0) is 9.84 Å². The zero-order valence-corrected chi connectivity index (χ0v) is 9.33. The summed E-state index contributed by atoms with van der Waals surface area (Å²) in [5.74, 6) is 0.791. The van der Waals surface area contributed by atoms with E-state index in [0.29, 0.717) is 5.75 Å². The second-order valence-electron chi connectivity index (χ2n) is 4.12. The number of sulfone groups is 1. The predicted octanol–water partition coefficient (Wildman–Crippen LogP) is 1.56. The molecule has 0 saturated carbocycles. The molecule has 1 aliphatic rings. The van der Waals surface area contributed by atoms with E-state index in [4.69, 9.17) is 5.73 Å². The van der Waals surface area contributed by atoms with Crippen molar-refractivity contribution in [2.75, 3.05) is 17.2 Å². The first-order valence-electron chi connectivity index (χ1n) is 5.13. The topological polar surface area (TPSA) is 60.2 Å². The minimum Gasteiger partial charge on any atom is -0.399 e. The Bertz CT molecular complexity index is 436. The molecule has 0 amide bonds. The van der Waals surface area contributed by atoms with Gasteiger partial charge in [-0.1, -0.05) is 12.1 Å². The molecule has 1 aromatic carbocycles. The first-order chi connectivity index (χ1) is 7.07. The molecule has 1 aliphatic heterocycles. The summed E-state index contributed by atoms with van der Waals surface area (Å²) in [4.78, 5) is 0. The minimum absolute atomic E-state index is 0.157. The van der Waals surface area contributed by atoms with Crippen molar-refractivity contribution in [3.05, 3.63) is 29.8 Å². The maximum atomic E-state index is 11.5. The molecule has 4 heteroatoms. The fourth-order valence-corrected chi connectivity index (χ4v) is 3.80. The van der Waals surface area contributed by atoms with Crippen molar-refractivity contribution in [1.29, 1.82) is 0 Å². The first kappa shape index (κ1) is 10.5. The van der Waals surface area contributed by atoms with Gasteiger partial charge in [0.25, 0.3) is 0 Å². The van der Waals surface area contributed by atoms with Gasteiger partial charge < -0.3 is 5.73 Å². The lowest BCUT2D eigenvalue weighted by molar-refractivity contribution is 0.554. The van der Waals surface area contributed by atoms with Crippen LogP contribution in [0.2, 0.25) is 0 Å². The van der Waals surface area contributed by atoms with Crippen LogP contribution in [0.3, 0.4) is 0 Å². The lowest BCUT2D eigenvalue weighted by atomic mass is 9.96. The smallest absolute Gasteiger partial charge is 0.150 e. The molecule has 82 valence electrons. The summed E-state index contributed by atoms with van der Waals surface area (Å²) in [6.07, 6.45) is 1.74. The van der Waals surface area contributed by atoms with Crippen molar-refractivity contribution < 1.29 is 8.42 Å². The van der Waals surface area contributed by atoms with E-state index in [-0.39, 0.29) is 11.7 Å². The largest absolute Gasteiger partial charge is 0.399 e. The van der Waals surface area contributed by atoms with Crippen LogP contribution in [0.4, 0.5) is 5.69 Å². The lowest BCUT2D eigenvalue weighted by Gasteiger charge is -2.22. The van der Waals surface area contributed by atoms with Crippen molar-refractivity contribution >= 4 is 15.5 Å². The standard InChI is InChI=1S/C11H15NO2S/c12-11-5-3-9(4-6-11)10-2-1-7-15(13,14)8-10/h3-6,10H,1-2,7-8,12H2. The van der Waals surface area contributed by atoms with E-state index < -0.39 is 9.84 Å². The van der Waals surface area contributed by atoms with Crippen molar-refractivity contribution in [3.8, 4) is 0 Å². The summed E-state index contributed by atoms with van der Waals surface area (Å²) in [6.45, 7) is 0. The summed E-state index contributed by atoms with van der Waals surface area (Å²) >= 11 is 0. The van der Waals surface area contributed by atoms with E-state index >= 15 is 0 Å². The number of anilines is 1. The minimum atomic E-state index is -2.82. The van der Waals surface area contributed by atoms with E-state index in [1.54, 1.807) is 0 Å². The molecule has 2 rings (SSSR count). The van der Waals surface area contributed by atoms with Crippen LogP contribution in [0.5, 0.6) is 0 Å². The summed E-state index contributed by atoms with van der Waals surface area (Å²) in [7, 11) is -2.82. The number of benzene rings is 1. The van der Waals surface area contributed by atoms with Crippen molar-refractivity contribution in [3.63, 3.8) is 0 Å². The molecule has 1 saturated heterocycles. The Morgan fingerprint density at radius 2 is 1.87 bits per heavy atom. The summed E-state index contributed by atoms with van der Waals surface area (Å²) in [5, 5.41) is 0. The number of nitrogen functional groups attached to an aromatic ring is 1. The van der Waals surface area contributed by atoms with Gasteiger partial charge in [0.15, 0.2) is 9.84 Å². The van der Waals surface area contributed by atoms with Crippen LogP contribution in [0.15, 0.2) is 24.3 Å². The molecule has 2 N–H and O–H groups in total. The van der Waals surface area contributed by atoms with Gasteiger partial charge in [-0.3, -0.25) is 0 Å². The third-order valence-electron chi connectivity index (χ3n) is 2.87. The van der Waals surface area contributed by atoms with Crippen LogP contribution in [-0.4, -0.2) is 19.9 Å². The van der Waals surface area contributed by atoms with Crippen LogP contribution in [0.25, 0.3) is 0 Å². The molecule has 1 unspecified atom stereocenters. The van der Waals surface area contributed by atoms with Crippen LogP contribution >= 0.6 is 0 Å². The van der Waals surface area contributed by atoms with Gasteiger partial charge in [-0.05, 0) is 36.5 Å². The normalized spacial score (nSPS) is 24.9. The van der Waals surface area contributed by atoms with Gasteiger partial charge in [-0.2, -0.15) is 0 Å². The van der Waals surface area contributed by atoms with Crippen LogP contribution in [0, 0.1) is 0 Å². The van der Waals surface area contributed by atoms with Gasteiger partial charge in [-0.15, -0.1) is 0 Å². The Hall–Kier alpha value is -1.03. The quantitative estimate of drug-likeness (QED) is 0.738. The average Bonchev–Trinajstić information content (AvgIpc) is 2.17. The molecule has 0 spiro atoms. The molecular formula is C11H15NO2S. The molecular weight excluding hydrogens is 210 g/mol. The third-order valence-corrected chi connectivity index (χ3v) is 4.69. The maximum Gasteiger partial charge on any atom is 0.150 e. The fourth-order valence-electron chi connectivity index (χ4n) is 2.05.